The van der Waals surface area contributed by atoms with Crippen molar-refractivity contribution in [3.05, 3.63) is 58.5 Å². The summed E-state index contributed by atoms with van der Waals surface area (Å²) in [6.45, 7) is 1.32. The normalized spacial score (nSPS) is 13.5. The maximum absolute atomic E-state index is 12.7. The summed E-state index contributed by atoms with van der Waals surface area (Å²) in [5.74, 6) is 1.51. The summed E-state index contributed by atoms with van der Waals surface area (Å²) in [5, 5.41) is 2.88. The van der Waals surface area contributed by atoms with Crippen LogP contribution < -0.4 is 20.5 Å². The lowest BCUT2D eigenvalue weighted by Gasteiger charge is -2.13. The summed E-state index contributed by atoms with van der Waals surface area (Å²) in [5.41, 5.74) is 1.88. The molecule has 1 fully saturated rings. The van der Waals surface area contributed by atoms with Crippen molar-refractivity contribution < 1.29 is 14.3 Å². The zero-order chi connectivity index (χ0) is 19.5. The van der Waals surface area contributed by atoms with Crippen LogP contribution in [0.25, 0.3) is 11.0 Å². The number of imidazole rings is 1. The van der Waals surface area contributed by atoms with Gasteiger partial charge >= 0.3 is 5.69 Å². The lowest BCUT2D eigenvalue weighted by molar-refractivity contribution is 0.0948. The fraction of sp³-hybridized carbons (Fsp3) is 0.333. The highest BCUT2D eigenvalue weighted by atomic mass is 16.5. The fourth-order valence-electron chi connectivity index (χ4n) is 3.13. The molecule has 1 saturated carbocycles. The monoisotopic (exact) mass is 381 g/mol. The molecule has 28 heavy (non-hydrogen) atoms. The lowest BCUT2D eigenvalue weighted by Crippen LogP contribution is -2.30. The Kier molecular flexibility index (Phi) is 5.06. The molecule has 4 rings (SSSR count). The maximum atomic E-state index is 12.7. The predicted molar refractivity (Wildman–Crippen MR) is 106 cm³/mol. The second-order valence-electron chi connectivity index (χ2n) is 6.97. The molecule has 1 amide bonds. The smallest absolute Gasteiger partial charge is 0.326 e. The second kappa shape index (κ2) is 7.80. The SMILES string of the molecule is COc1ccc(C(=O)NCCn2c(=O)[nH]c3ccccc32)c(OCC2CC2)c1. The first-order chi connectivity index (χ1) is 13.7. The van der Waals surface area contributed by atoms with Crippen molar-refractivity contribution in [3.8, 4) is 11.5 Å². The highest BCUT2D eigenvalue weighted by molar-refractivity contribution is 5.97. The van der Waals surface area contributed by atoms with Gasteiger partial charge in [-0.05, 0) is 43.0 Å². The Labute approximate surface area is 162 Å². The largest absolute Gasteiger partial charge is 0.497 e. The van der Waals surface area contributed by atoms with Gasteiger partial charge in [-0.25, -0.2) is 4.79 Å². The Hall–Kier alpha value is -3.22. The molecule has 146 valence electrons. The van der Waals surface area contributed by atoms with Crippen LogP contribution in [-0.4, -0.2) is 35.7 Å². The van der Waals surface area contributed by atoms with Crippen LogP contribution in [0.2, 0.25) is 0 Å². The standard InChI is InChI=1S/C21H23N3O4/c1-27-15-8-9-16(19(12-15)28-13-14-6-7-14)20(25)22-10-11-24-18-5-3-2-4-17(18)23-21(24)26/h2-5,8-9,12,14H,6-7,10-11,13H2,1H3,(H,22,25)(H,23,26). The van der Waals surface area contributed by atoms with Crippen LogP contribution in [0, 0.1) is 5.92 Å². The Morgan fingerprint density at radius 2 is 2.07 bits per heavy atom. The molecule has 1 heterocycles. The van der Waals surface area contributed by atoms with Crippen molar-refractivity contribution in [1.82, 2.24) is 14.9 Å². The number of para-hydroxylation sites is 2. The number of benzene rings is 2. The molecule has 0 radical (unpaired) electrons. The Bertz CT molecular complexity index is 1050. The quantitative estimate of drug-likeness (QED) is 0.628. The van der Waals surface area contributed by atoms with Crippen LogP contribution in [0.4, 0.5) is 0 Å². The maximum Gasteiger partial charge on any atom is 0.326 e. The number of amides is 1. The summed E-state index contributed by atoms with van der Waals surface area (Å²) in [7, 11) is 1.58. The van der Waals surface area contributed by atoms with E-state index in [0.29, 0.717) is 42.7 Å². The summed E-state index contributed by atoms with van der Waals surface area (Å²) < 4.78 is 12.7. The third-order valence-corrected chi connectivity index (χ3v) is 4.91. The number of nitrogens with one attached hydrogen (secondary N) is 2. The van der Waals surface area contributed by atoms with Crippen molar-refractivity contribution in [2.24, 2.45) is 5.92 Å². The highest BCUT2D eigenvalue weighted by Gasteiger charge is 2.23. The molecule has 1 aromatic heterocycles. The molecule has 7 nitrogen and oxygen atoms in total. The van der Waals surface area contributed by atoms with E-state index in [1.165, 1.54) is 12.8 Å². The molecule has 0 aliphatic heterocycles. The van der Waals surface area contributed by atoms with Crippen LogP contribution >= 0.6 is 0 Å². The average molecular weight is 381 g/mol. The van der Waals surface area contributed by atoms with Gasteiger partial charge in [-0.1, -0.05) is 12.1 Å². The zero-order valence-corrected chi connectivity index (χ0v) is 15.7. The molecule has 3 aromatic rings. The molecule has 1 aliphatic rings. The third-order valence-electron chi connectivity index (χ3n) is 4.91. The van der Waals surface area contributed by atoms with E-state index in [0.717, 1.165) is 11.0 Å². The van der Waals surface area contributed by atoms with Crippen LogP contribution in [0.1, 0.15) is 23.2 Å². The van der Waals surface area contributed by atoms with E-state index in [1.54, 1.807) is 29.9 Å². The molecular formula is C21H23N3O4. The van der Waals surface area contributed by atoms with Crippen molar-refractivity contribution in [2.45, 2.75) is 19.4 Å². The topological polar surface area (TPSA) is 85.4 Å². The number of fused-ring (bicyclic) bond motifs is 1. The van der Waals surface area contributed by atoms with Crippen LogP contribution in [0.3, 0.4) is 0 Å². The van der Waals surface area contributed by atoms with Crippen molar-refractivity contribution in [2.75, 3.05) is 20.3 Å². The minimum absolute atomic E-state index is 0.187. The molecule has 1 aliphatic carbocycles. The van der Waals surface area contributed by atoms with Crippen molar-refractivity contribution in [1.29, 1.82) is 0 Å². The van der Waals surface area contributed by atoms with Gasteiger partial charge in [-0.3, -0.25) is 9.36 Å². The fourth-order valence-corrected chi connectivity index (χ4v) is 3.13. The Balaban J connectivity index is 1.44. The molecule has 0 atom stereocenters. The summed E-state index contributed by atoms with van der Waals surface area (Å²) in [6.07, 6.45) is 2.34. The second-order valence-corrected chi connectivity index (χ2v) is 6.97. The number of aromatic amines is 1. The van der Waals surface area contributed by atoms with Crippen LogP contribution in [0.5, 0.6) is 11.5 Å². The average Bonchev–Trinajstić information content (AvgIpc) is 3.49. The molecule has 2 aromatic carbocycles. The van der Waals surface area contributed by atoms with Gasteiger partial charge in [0.05, 0.1) is 30.3 Å². The number of aromatic nitrogens is 2. The number of carbonyl (C=O) groups excluding carboxylic acids is 1. The van der Waals surface area contributed by atoms with Crippen LogP contribution in [0.15, 0.2) is 47.3 Å². The van der Waals surface area contributed by atoms with E-state index in [-0.39, 0.29) is 11.6 Å². The first kappa shape index (κ1) is 18.2. The third kappa shape index (κ3) is 3.88. The predicted octanol–water partition coefficient (Wildman–Crippen LogP) is 2.56. The minimum Gasteiger partial charge on any atom is -0.497 e. The van der Waals surface area contributed by atoms with Crippen molar-refractivity contribution in [3.63, 3.8) is 0 Å². The summed E-state index contributed by atoms with van der Waals surface area (Å²) >= 11 is 0. The van der Waals surface area contributed by atoms with Crippen molar-refractivity contribution >= 4 is 16.9 Å². The van der Waals surface area contributed by atoms with Gasteiger partial charge in [0, 0.05) is 19.2 Å². The molecule has 7 heteroatoms. The summed E-state index contributed by atoms with van der Waals surface area (Å²) in [6, 6.07) is 12.7. The Morgan fingerprint density at radius 1 is 1.25 bits per heavy atom. The number of hydrogen-bond donors (Lipinski definition) is 2. The molecular weight excluding hydrogens is 358 g/mol. The molecule has 0 bridgehead atoms. The highest BCUT2D eigenvalue weighted by Crippen LogP contribution is 2.31. The number of rotatable bonds is 8. The first-order valence-electron chi connectivity index (χ1n) is 9.42. The van der Waals surface area contributed by atoms with E-state index in [1.807, 2.05) is 24.3 Å². The number of hydrogen-bond acceptors (Lipinski definition) is 4. The van der Waals surface area contributed by atoms with Gasteiger partial charge in [-0.2, -0.15) is 0 Å². The number of nitrogens with zero attached hydrogens (tertiary/aromatic N) is 1. The van der Waals surface area contributed by atoms with Gasteiger partial charge in [-0.15, -0.1) is 0 Å². The van der Waals surface area contributed by atoms with E-state index >= 15 is 0 Å². The molecule has 2 N–H and O–H groups in total. The zero-order valence-electron chi connectivity index (χ0n) is 15.7. The molecule has 0 unspecified atom stereocenters. The lowest BCUT2D eigenvalue weighted by atomic mass is 10.1. The molecule has 0 spiro atoms. The van der Waals surface area contributed by atoms with E-state index < -0.39 is 0 Å². The van der Waals surface area contributed by atoms with E-state index in [9.17, 15) is 9.59 Å². The first-order valence-corrected chi connectivity index (χ1v) is 9.42. The number of H-pyrrole nitrogens is 1. The minimum atomic E-state index is -0.235. The van der Waals surface area contributed by atoms with Crippen LogP contribution in [-0.2, 0) is 6.54 Å². The Morgan fingerprint density at radius 3 is 2.86 bits per heavy atom. The number of ether oxygens (including phenoxy) is 2. The van der Waals surface area contributed by atoms with E-state index in [4.69, 9.17) is 9.47 Å². The summed E-state index contributed by atoms with van der Waals surface area (Å²) in [4.78, 5) is 27.6. The number of methoxy groups -OCH3 is 1. The van der Waals surface area contributed by atoms with Gasteiger partial charge in [0.1, 0.15) is 11.5 Å². The van der Waals surface area contributed by atoms with Gasteiger partial charge < -0.3 is 19.8 Å². The number of carbonyl (C=O) groups is 1. The van der Waals surface area contributed by atoms with Gasteiger partial charge in [0.25, 0.3) is 5.91 Å². The van der Waals surface area contributed by atoms with Gasteiger partial charge in [0.15, 0.2) is 0 Å². The molecule has 0 saturated heterocycles. The van der Waals surface area contributed by atoms with Gasteiger partial charge in [0.2, 0.25) is 0 Å². The van der Waals surface area contributed by atoms with E-state index in [2.05, 4.69) is 10.3 Å².